The van der Waals surface area contributed by atoms with Crippen LogP contribution in [0.1, 0.15) is 52.7 Å². The van der Waals surface area contributed by atoms with Gasteiger partial charge in [-0.05, 0) is 37.5 Å². The van der Waals surface area contributed by atoms with Crippen LogP contribution in [-0.4, -0.2) is 4.99 Å². The van der Waals surface area contributed by atoms with Gasteiger partial charge < -0.3 is 5.32 Å². The van der Waals surface area contributed by atoms with Gasteiger partial charge in [0.25, 0.3) is 0 Å². The number of rotatable bonds is 6. The third-order valence-corrected chi connectivity index (χ3v) is 3.26. The zero-order valence-corrected chi connectivity index (χ0v) is 16.7. The van der Waals surface area contributed by atoms with Crippen molar-refractivity contribution in [1.29, 1.82) is 0 Å². The summed E-state index contributed by atoms with van der Waals surface area (Å²) in [6.45, 7) is 16.3. The van der Waals surface area contributed by atoms with Crippen LogP contribution < -0.4 is 5.32 Å². The number of benzene rings is 1. The zero-order valence-electron chi connectivity index (χ0n) is 15.9. The van der Waals surface area contributed by atoms with Crippen molar-refractivity contribution in [1.82, 2.24) is 5.32 Å². The van der Waals surface area contributed by atoms with Crippen molar-refractivity contribution in [3.63, 3.8) is 0 Å². The first-order valence-electron chi connectivity index (χ1n) is 8.49. The van der Waals surface area contributed by atoms with Crippen molar-refractivity contribution in [2.75, 3.05) is 0 Å². The Kier molecular flexibility index (Phi) is 11.5. The van der Waals surface area contributed by atoms with E-state index in [1.165, 1.54) is 11.1 Å². The fourth-order valence-electron chi connectivity index (χ4n) is 1.67. The maximum absolute atomic E-state index is 5.45. The predicted octanol–water partition coefficient (Wildman–Crippen LogP) is 6.68. The molecule has 0 heterocycles. The van der Waals surface area contributed by atoms with Crippen LogP contribution >= 0.6 is 12.2 Å². The van der Waals surface area contributed by atoms with Gasteiger partial charge in [-0.2, -0.15) is 0 Å². The van der Waals surface area contributed by atoms with Crippen LogP contribution in [0, 0.1) is 5.92 Å². The van der Waals surface area contributed by atoms with Gasteiger partial charge in [-0.25, -0.2) is 0 Å². The lowest BCUT2D eigenvalue weighted by molar-refractivity contribution is 0.836. The van der Waals surface area contributed by atoms with E-state index in [0.717, 1.165) is 11.3 Å². The van der Waals surface area contributed by atoms with Crippen LogP contribution in [0.3, 0.4) is 0 Å². The molecule has 0 spiro atoms. The van der Waals surface area contributed by atoms with E-state index in [9.17, 15) is 0 Å². The van der Waals surface area contributed by atoms with E-state index >= 15 is 0 Å². The summed E-state index contributed by atoms with van der Waals surface area (Å²) < 4.78 is 0. The fourth-order valence-corrected chi connectivity index (χ4v) is 1.92. The van der Waals surface area contributed by atoms with E-state index in [0.29, 0.717) is 10.9 Å². The highest BCUT2D eigenvalue weighted by Gasteiger charge is 2.01. The van der Waals surface area contributed by atoms with Gasteiger partial charge in [0, 0.05) is 11.3 Å². The molecule has 0 saturated heterocycles. The summed E-state index contributed by atoms with van der Waals surface area (Å²) in [5.74, 6) is 0.554. The average molecular weight is 342 g/mol. The molecule has 0 fully saturated rings. The lowest BCUT2D eigenvalue weighted by atomic mass is 10.1. The minimum atomic E-state index is 0.554. The standard InChI is InChI=1S/C20H25NS.C2H6/c1-6-19(14-8-16(4)5)21-20(22)18-12-10-17(11-13-18)9-7-15(2)3;1-2/h6-15H,1H2,2-5H3,(H,21,22);1-2H3/b9-7+,19-14+;. The van der Waals surface area contributed by atoms with E-state index in [1.807, 2.05) is 38.1 Å². The third-order valence-electron chi connectivity index (χ3n) is 2.92. The Bertz CT molecular complexity index is 597. The molecule has 1 nitrogen and oxygen atoms in total. The van der Waals surface area contributed by atoms with Gasteiger partial charge in [-0.15, -0.1) is 0 Å². The van der Waals surface area contributed by atoms with Gasteiger partial charge in [-0.3, -0.25) is 0 Å². The number of allylic oxidation sites excluding steroid dienone is 5. The first-order valence-corrected chi connectivity index (χ1v) is 8.90. The van der Waals surface area contributed by atoms with E-state index in [4.69, 9.17) is 12.2 Å². The first-order chi connectivity index (χ1) is 11.4. The summed E-state index contributed by atoms with van der Waals surface area (Å²) in [7, 11) is 0. The second kappa shape index (κ2) is 12.5. The van der Waals surface area contributed by atoms with Crippen molar-refractivity contribution < 1.29 is 0 Å². The maximum Gasteiger partial charge on any atom is 0.110 e. The molecule has 0 aliphatic heterocycles. The molecule has 0 aromatic heterocycles. The minimum Gasteiger partial charge on any atom is -0.346 e. The molecule has 1 aromatic rings. The normalized spacial score (nSPS) is 10.9. The molecule has 2 heteroatoms. The predicted molar refractivity (Wildman–Crippen MR) is 114 cm³/mol. The molecule has 0 atom stereocenters. The molecule has 0 saturated carbocycles. The Hall–Kier alpha value is -1.93. The number of thiocarbonyl (C=S) groups is 1. The van der Waals surface area contributed by atoms with Crippen molar-refractivity contribution >= 4 is 23.3 Å². The quantitative estimate of drug-likeness (QED) is 0.457. The Morgan fingerprint density at radius 2 is 1.67 bits per heavy atom. The molecule has 0 radical (unpaired) electrons. The zero-order chi connectivity index (χ0) is 18.5. The Morgan fingerprint density at radius 3 is 2.12 bits per heavy atom. The van der Waals surface area contributed by atoms with Crippen LogP contribution in [-0.2, 0) is 0 Å². The lowest BCUT2D eigenvalue weighted by Gasteiger charge is -2.09. The summed E-state index contributed by atoms with van der Waals surface area (Å²) in [6.07, 6.45) is 10.1. The van der Waals surface area contributed by atoms with E-state index in [-0.39, 0.29) is 0 Å². The second-order valence-corrected chi connectivity index (χ2v) is 6.16. The average Bonchev–Trinajstić information content (AvgIpc) is 2.58. The maximum atomic E-state index is 5.45. The second-order valence-electron chi connectivity index (χ2n) is 5.75. The van der Waals surface area contributed by atoms with Gasteiger partial charge in [0.2, 0.25) is 0 Å². The van der Waals surface area contributed by atoms with E-state index in [1.54, 1.807) is 6.08 Å². The molecule has 1 rings (SSSR count). The largest absolute Gasteiger partial charge is 0.346 e. The summed E-state index contributed by atoms with van der Waals surface area (Å²) in [4.78, 5) is 0.702. The monoisotopic (exact) mass is 341 g/mol. The Labute approximate surface area is 153 Å². The highest BCUT2D eigenvalue weighted by Crippen LogP contribution is 2.09. The smallest absolute Gasteiger partial charge is 0.110 e. The molecule has 1 aromatic carbocycles. The van der Waals surface area contributed by atoms with Crippen LogP contribution in [0.2, 0.25) is 0 Å². The van der Waals surface area contributed by atoms with Crippen LogP contribution in [0.4, 0.5) is 0 Å². The van der Waals surface area contributed by atoms with Crippen LogP contribution in [0.15, 0.2) is 66.4 Å². The number of hydrogen-bond acceptors (Lipinski definition) is 1. The molecule has 0 aliphatic carbocycles. The van der Waals surface area contributed by atoms with Crippen LogP contribution in [0.5, 0.6) is 0 Å². The molecule has 0 bridgehead atoms. The topological polar surface area (TPSA) is 12.0 Å². The SMILES string of the molecule is C=C/C(=C\C=C(C)C)NC(=S)c1ccc(/C=C/C(C)C)cc1.CC. The number of nitrogens with one attached hydrogen (secondary N) is 1. The van der Waals surface area contributed by atoms with Gasteiger partial charge >= 0.3 is 0 Å². The van der Waals surface area contributed by atoms with Gasteiger partial charge in [0.1, 0.15) is 4.99 Å². The lowest BCUT2D eigenvalue weighted by Crippen LogP contribution is -2.20. The first kappa shape index (κ1) is 22.1. The van der Waals surface area contributed by atoms with E-state index < -0.39 is 0 Å². The van der Waals surface area contributed by atoms with Gasteiger partial charge in [-0.1, -0.05) is 94.6 Å². The van der Waals surface area contributed by atoms with Crippen LogP contribution in [0.25, 0.3) is 6.08 Å². The third kappa shape index (κ3) is 9.26. The number of hydrogen-bond donors (Lipinski definition) is 1. The molecule has 130 valence electrons. The molecule has 0 unspecified atom stereocenters. The van der Waals surface area contributed by atoms with Crippen molar-refractivity contribution in [2.45, 2.75) is 41.5 Å². The summed E-state index contributed by atoms with van der Waals surface area (Å²) in [6, 6.07) is 8.24. The van der Waals surface area contributed by atoms with Crippen molar-refractivity contribution in [3.05, 3.63) is 77.5 Å². The summed E-state index contributed by atoms with van der Waals surface area (Å²) in [5.41, 5.74) is 4.31. The fraction of sp³-hybridized carbons (Fsp3) is 0.318. The van der Waals surface area contributed by atoms with E-state index in [2.05, 4.69) is 63.9 Å². The molecule has 24 heavy (non-hydrogen) atoms. The minimum absolute atomic E-state index is 0.554. The highest BCUT2D eigenvalue weighted by molar-refractivity contribution is 7.80. The molecule has 0 amide bonds. The highest BCUT2D eigenvalue weighted by atomic mass is 32.1. The van der Waals surface area contributed by atoms with Crippen molar-refractivity contribution in [2.24, 2.45) is 5.92 Å². The molecular formula is C22H31NS. The Balaban J connectivity index is 0.00000254. The molecule has 0 aliphatic rings. The molecular weight excluding hydrogens is 310 g/mol. The van der Waals surface area contributed by atoms with Crippen molar-refractivity contribution in [3.8, 4) is 0 Å². The van der Waals surface area contributed by atoms with Gasteiger partial charge in [0.05, 0.1) is 0 Å². The summed E-state index contributed by atoms with van der Waals surface area (Å²) >= 11 is 5.45. The van der Waals surface area contributed by atoms with Gasteiger partial charge in [0.15, 0.2) is 0 Å². The molecule has 1 N–H and O–H groups in total. The Morgan fingerprint density at radius 1 is 1.08 bits per heavy atom. The summed E-state index contributed by atoms with van der Waals surface area (Å²) in [5, 5.41) is 3.22.